The number of hydrogen-bond acceptors (Lipinski definition) is 5. The number of aromatic nitrogens is 2. The van der Waals surface area contributed by atoms with Crippen LogP contribution in [0.25, 0.3) is 0 Å². The van der Waals surface area contributed by atoms with Crippen LogP contribution in [0.15, 0.2) is 18.5 Å². The highest BCUT2D eigenvalue weighted by Gasteiger charge is 2.16. The molecule has 1 aromatic rings. The first kappa shape index (κ1) is 12.3. The van der Waals surface area contributed by atoms with Gasteiger partial charge in [0.05, 0.1) is 0 Å². The van der Waals surface area contributed by atoms with Crippen molar-refractivity contribution in [2.75, 3.05) is 38.1 Å². The molecule has 0 radical (unpaired) electrons. The normalized spacial score (nSPS) is 18.2. The molecule has 0 spiro atoms. The van der Waals surface area contributed by atoms with E-state index in [0.717, 1.165) is 26.2 Å². The zero-order chi connectivity index (χ0) is 11.9. The Morgan fingerprint density at radius 2 is 1.88 bits per heavy atom. The highest BCUT2D eigenvalue weighted by molar-refractivity contribution is 5.20. The van der Waals surface area contributed by atoms with Gasteiger partial charge >= 0.3 is 0 Å². The van der Waals surface area contributed by atoms with E-state index in [1.807, 2.05) is 6.07 Å². The van der Waals surface area contributed by atoms with E-state index in [-0.39, 0.29) is 0 Å². The van der Waals surface area contributed by atoms with Gasteiger partial charge in [-0.25, -0.2) is 15.0 Å². The summed E-state index contributed by atoms with van der Waals surface area (Å²) in [6.45, 7) is 7.78. The third kappa shape index (κ3) is 3.94. The first-order valence-corrected chi connectivity index (χ1v) is 6.39. The smallest absolute Gasteiger partial charge is 0.237 e. The Morgan fingerprint density at radius 3 is 2.53 bits per heavy atom. The third-order valence-corrected chi connectivity index (χ3v) is 3.02. The maximum absolute atomic E-state index is 4.16. The van der Waals surface area contributed by atoms with Gasteiger partial charge in [0.1, 0.15) is 0 Å². The van der Waals surface area contributed by atoms with Gasteiger partial charge in [-0.2, -0.15) is 0 Å². The van der Waals surface area contributed by atoms with Crippen molar-refractivity contribution >= 4 is 5.95 Å². The lowest BCUT2D eigenvalue weighted by Gasteiger charge is -2.34. The molecule has 2 rings (SSSR count). The molecule has 0 aliphatic carbocycles. The van der Waals surface area contributed by atoms with Gasteiger partial charge in [0, 0.05) is 38.6 Å². The van der Waals surface area contributed by atoms with E-state index in [0.29, 0.717) is 5.95 Å². The predicted octanol–water partition coefficient (Wildman–Crippen LogP) is 1.22. The van der Waals surface area contributed by atoms with Crippen molar-refractivity contribution < 1.29 is 0 Å². The van der Waals surface area contributed by atoms with E-state index in [9.17, 15) is 0 Å². The Hall–Kier alpha value is -1.20. The molecule has 1 fully saturated rings. The van der Waals surface area contributed by atoms with Crippen LogP contribution in [0.2, 0.25) is 0 Å². The topological polar surface area (TPSA) is 44.3 Å². The molecule has 1 aliphatic heterocycles. The summed E-state index contributed by atoms with van der Waals surface area (Å²) in [5, 5.41) is 2.19. The fraction of sp³-hybridized carbons (Fsp3) is 0.667. The van der Waals surface area contributed by atoms with Gasteiger partial charge in [-0.1, -0.05) is 13.3 Å². The molecule has 0 bridgehead atoms. The maximum Gasteiger partial charge on any atom is 0.237 e. The summed E-state index contributed by atoms with van der Waals surface area (Å²) in [4.78, 5) is 10.8. The molecule has 1 aliphatic rings. The van der Waals surface area contributed by atoms with Crippen molar-refractivity contribution in [2.45, 2.75) is 19.8 Å². The van der Waals surface area contributed by atoms with Gasteiger partial charge in [0.15, 0.2) is 0 Å². The first-order valence-electron chi connectivity index (χ1n) is 6.39. The average molecular weight is 235 g/mol. The van der Waals surface area contributed by atoms with E-state index in [1.54, 1.807) is 12.4 Å². The van der Waals surface area contributed by atoms with E-state index in [4.69, 9.17) is 0 Å². The SMILES string of the molecule is CCCCN1CCN(Nc2ncccn2)CC1. The molecule has 2 heterocycles. The van der Waals surface area contributed by atoms with Crippen LogP contribution in [0, 0.1) is 0 Å². The van der Waals surface area contributed by atoms with Gasteiger partial charge in [-0.15, -0.1) is 0 Å². The molecular weight excluding hydrogens is 214 g/mol. The fourth-order valence-corrected chi connectivity index (χ4v) is 1.96. The second-order valence-electron chi connectivity index (χ2n) is 4.37. The number of rotatable bonds is 5. The van der Waals surface area contributed by atoms with Crippen molar-refractivity contribution in [1.29, 1.82) is 0 Å². The van der Waals surface area contributed by atoms with Gasteiger partial charge < -0.3 is 4.90 Å². The Balaban J connectivity index is 1.72. The van der Waals surface area contributed by atoms with Crippen molar-refractivity contribution in [3.05, 3.63) is 18.5 Å². The minimum atomic E-state index is 0.689. The monoisotopic (exact) mass is 235 g/mol. The van der Waals surface area contributed by atoms with E-state index >= 15 is 0 Å². The lowest BCUT2D eigenvalue weighted by atomic mass is 10.3. The molecule has 1 saturated heterocycles. The summed E-state index contributed by atoms with van der Waals surface area (Å²) < 4.78 is 0. The average Bonchev–Trinajstić information content (AvgIpc) is 2.39. The molecule has 1 aromatic heterocycles. The summed E-state index contributed by atoms with van der Waals surface area (Å²) in [5.41, 5.74) is 3.24. The van der Waals surface area contributed by atoms with Gasteiger partial charge in [-0.05, 0) is 19.0 Å². The lowest BCUT2D eigenvalue weighted by Crippen LogP contribution is -2.48. The van der Waals surface area contributed by atoms with Crippen molar-refractivity contribution in [1.82, 2.24) is 19.9 Å². The summed E-state index contributed by atoms with van der Waals surface area (Å²) in [6, 6.07) is 1.83. The highest BCUT2D eigenvalue weighted by atomic mass is 15.6. The van der Waals surface area contributed by atoms with Gasteiger partial charge in [0.25, 0.3) is 0 Å². The lowest BCUT2D eigenvalue weighted by molar-refractivity contribution is 0.150. The van der Waals surface area contributed by atoms with Crippen LogP contribution in [-0.2, 0) is 0 Å². The van der Waals surface area contributed by atoms with Crippen LogP contribution in [0.5, 0.6) is 0 Å². The van der Waals surface area contributed by atoms with Crippen LogP contribution in [0.3, 0.4) is 0 Å². The number of hydrazine groups is 1. The number of anilines is 1. The predicted molar refractivity (Wildman–Crippen MR) is 68.6 cm³/mol. The molecule has 0 amide bonds. The molecular formula is C12H21N5. The molecule has 0 atom stereocenters. The Bertz CT molecular complexity index is 308. The molecule has 0 saturated carbocycles. The van der Waals surface area contributed by atoms with Crippen molar-refractivity contribution in [2.24, 2.45) is 0 Å². The molecule has 0 aromatic carbocycles. The quantitative estimate of drug-likeness (QED) is 0.831. The van der Waals surface area contributed by atoms with E-state index < -0.39 is 0 Å². The summed E-state index contributed by atoms with van der Waals surface area (Å²) in [7, 11) is 0. The van der Waals surface area contributed by atoms with Crippen LogP contribution in [-0.4, -0.2) is 52.6 Å². The molecule has 17 heavy (non-hydrogen) atoms. The van der Waals surface area contributed by atoms with Crippen LogP contribution >= 0.6 is 0 Å². The van der Waals surface area contributed by atoms with E-state index in [2.05, 4.69) is 32.2 Å². The summed E-state index contributed by atoms with van der Waals surface area (Å²) in [6.07, 6.45) is 6.09. The number of hydrogen-bond donors (Lipinski definition) is 1. The molecule has 5 heteroatoms. The summed E-state index contributed by atoms with van der Waals surface area (Å²) in [5.74, 6) is 0.689. The second kappa shape index (κ2) is 6.51. The highest BCUT2D eigenvalue weighted by Crippen LogP contribution is 2.05. The number of nitrogens with one attached hydrogen (secondary N) is 1. The molecule has 5 nitrogen and oxygen atoms in total. The van der Waals surface area contributed by atoms with E-state index in [1.165, 1.54) is 19.4 Å². The largest absolute Gasteiger partial charge is 0.301 e. The molecule has 1 N–H and O–H groups in total. The number of nitrogens with zero attached hydrogens (tertiary/aromatic N) is 4. The zero-order valence-corrected chi connectivity index (χ0v) is 10.5. The second-order valence-corrected chi connectivity index (χ2v) is 4.37. The van der Waals surface area contributed by atoms with Crippen molar-refractivity contribution in [3.8, 4) is 0 Å². The first-order chi connectivity index (χ1) is 8.38. The maximum atomic E-state index is 4.16. The summed E-state index contributed by atoms with van der Waals surface area (Å²) >= 11 is 0. The molecule has 94 valence electrons. The third-order valence-electron chi connectivity index (χ3n) is 3.02. The zero-order valence-electron chi connectivity index (χ0n) is 10.5. The number of unbranched alkanes of at least 4 members (excludes halogenated alkanes) is 1. The standard InChI is InChI=1S/C12H21N5/c1-2-3-7-16-8-10-17(11-9-16)15-12-13-5-4-6-14-12/h4-6H,2-3,7-11H2,1H3,(H,13,14,15). The Labute approximate surface area is 103 Å². The van der Waals surface area contributed by atoms with Gasteiger partial charge in [0.2, 0.25) is 5.95 Å². The molecule has 0 unspecified atom stereocenters. The fourth-order valence-electron chi connectivity index (χ4n) is 1.96. The van der Waals surface area contributed by atoms with Crippen molar-refractivity contribution in [3.63, 3.8) is 0 Å². The van der Waals surface area contributed by atoms with Crippen LogP contribution < -0.4 is 5.43 Å². The minimum absolute atomic E-state index is 0.689. The van der Waals surface area contributed by atoms with Gasteiger partial charge in [-0.3, -0.25) is 5.43 Å². The van der Waals surface area contributed by atoms with Crippen LogP contribution in [0.4, 0.5) is 5.95 Å². The number of piperazine rings is 1. The minimum Gasteiger partial charge on any atom is -0.301 e. The van der Waals surface area contributed by atoms with Crippen LogP contribution in [0.1, 0.15) is 19.8 Å². The Morgan fingerprint density at radius 1 is 1.18 bits per heavy atom. The Kier molecular flexibility index (Phi) is 4.70.